The second kappa shape index (κ2) is 4.53. The zero-order valence-corrected chi connectivity index (χ0v) is 14.1. The maximum absolute atomic E-state index is 10.9. The van der Waals surface area contributed by atoms with E-state index in [0.29, 0.717) is 17.1 Å². The zero-order chi connectivity index (χ0) is 15.8. The molecular formula is C21H28O2. The van der Waals surface area contributed by atoms with Crippen molar-refractivity contribution in [2.45, 2.75) is 70.3 Å². The van der Waals surface area contributed by atoms with Crippen molar-refractivity contribution in [3.05, 3.63) is 29.3 Å². The van der Waals surface area contributed by atoms with Crippen LogP contribution >= 0.6 is 0 Å². The van der Waals surface area contributed by atoms with E-state index in [0.717, 1.165) is 24.7 Å². The van der Waals surface area contributed by atoms with Gasteiger partial charge in [-0.2, -0.15) is 0 Å². The Kier molecular flexibility index (Phi) is 2.83. The third-order valence-electron chi connectivity index (χ3n) is 8.55. The molecule has 0 unspecified atom stereocenters. The number of aromatic hydroxyl groups is 1. The molecule has 0 heterocycles. The van der Waals surface area contributed by atoms with Crippen LogP contribution in [0.15, 0.2) is 18.2 Å². The van der Waals surface area contributed by atoms with Gasteiger partial charge in [0.05, 0.1) is 6.10 Å². The summed E-state index contributed by atoms with van der Waals surface area (Å²) in [7, 11) is 0. The lowest BCUT2D eigenvalue weighted by Gasteiger charge is -2.58. The van der Waals surface area contributed by atoms with Crippen molar-refractivity contribution >= 4 is 0 Å². The van der Waals surface area contributed by atoms with E-state index in [4.69, 9.17) is 0 Å². The van der Waals surface area contributed by atoms with Gasteiger partial charge < -0.3 is 10.2 Å². The second-order valence-electron chi connectivity index (χ2n) is 8.97. The maximum atomic E-state index is 10.9. The summed E-state index contributed by atoms with van der Waals surface area (Å²) in [4.78, 5) is 0. The predicted molar refractivity (Wildman–Crippen MR) is 90.4 cm³/mol. The van der Waals surface area contributed by atoms with Gasteiger partial charge in [-0.15, -0.1) is 0 Å². The zero-order valence-electron chi connectivity index (χ0n) is 14.1. The van der Waals surface area contributed by atoms with E-state index in [2.05, 4.69) is 13.0 Å². The molecule has 0 aromatic heterocycles. The van der Waals surface area contributed by atoms with Gasteiger partial charge in [-0.05, 0) is 96.8 Å². The van der Waals surface area contributed by atoms with Crippen LogP contribution in [0.2, 0.25) is 0 Å². The van der Waals surface area contributed by atoms with E-state index < -0.39 is 0 Å². The van der Waals surface area contributed by atoms with Crippen LogP contribution < -0.4 is 0 Å². The van der Waals surface area contributed by atoms with Gasteiger partial charge in [0.1, 0.15) is 5.75 Å². The number of benzene rings is 1. The first-order chi connectivity index (χ1) is 11.1. The number of hydrogen-bond donors (Lipinski definition) is 2. The van der Waals surface area contributed by atoms with Crippen LogP contribution in [0.25, 0.3) is 0 Å². The number of phenolic OH excluding ortho intramolecular Hbond substituents is 1. The molecule has 0 bridgehead atoms. The first kappa shape index (κ1) is 14.3. The molecule has 124 valence electrons. The van der Waals surface area contributed by atoms with Crippen LogP contribution in [0, 0.1) is 22.7 Å². The van der Waals surface area contributed by atoms with Crippen LogP contribution in [0.4, 0.5) is 0 Å². The Balaban J connectivity index is 1.63. The van der Waals surface area contributed by atoms with Crippen molar-refractivity contribution in [2.75, 3.05) is 0 Å². The molecule has 5 rings (SSSR count). The third kappa shape index (κ3) is 1.59. The summed E-state index contributed by atoms with van der Waals surface area (Å²) in [6, 6.07) is 6.06. The second-order valence-corrected chi connectivity index (χ2v) is 8.97. The average molecular weight is 312 g/mol. The highest BCUT2D eigenvalue weighted by molar-refractivity contribution is 5.41. The number of fused-ring (bicyclic) bond motifs is 3. The Morgan fingerprint density at radius 3 is 2.87 bits per heavy atom. The van der Waals surface area contributed by atoms with Crippen molar-refractivity contribution in [1.82, 2.24) is 0 Å². The number of hydrogen-bond acceptors (Lipinski definition) is 2. The third-order valence-corrected chi connectivity index (χ3v) is 8.55. The SMILES string of the molecule is C[C@]12CC[C@@H]3c4ccc(O)cc4CC[C@H]3[C@]13CCC[C@@H]3C[C@@H]2O. The topological polar surface area (TPSA) is 40.5 Å². The largest absolute Gasteiger partial charge is 0.508 e. The van der Waals surface area contributed by atoms with E-state index in [1.807, 2.05) is 12.1 Å². The van der Waals surface area contributed by atoms with Crippen molar-refractivity contribution in [3.63, 3.8) is 0 Å². The smallest absolute Gasteiger partial charge is 0.115 e. The summed E-state index contributed by atoms with van der Waals surface area (Å²) in [6.45, 7) is 2.41. The van der Waals surface area contributed by atoms with Crippen LogP contribution in [-0.4, -0.2) is 16.3 Å². The summed E-state index contributed by atoms with van der Waals surface area (Å²) >= 11 is 0. The van der Waals surface area contributed by atoms with Crippen molar-refractivity contribution < 1.29 is 10.2 Å². The molecule has 2 N–H and O–H groups in total. The highest BCUT2D eigenvalue weighted by Gasteiger charge is 2.69. The summed E-state index contributed by atoms with van der Waals surface area (Å²) in [5, 5.41) is 20.7. The number of phenols is 1. The van der Waals surface area contributed by atoms with Crippen LogP contribution in [0.3, 0.4) is 0 Å². The molecule has 0 amide bonds. The molecule has 0 aliphatic heterocycles. The van der Waals surface area contributed by atoms with E-state index in [1.54, 1.807) is 0 Å². The number of rotatable bonds is 0. The highest BCUT2D eigenvalue weighted by atomic mass is 16.3. The molecule has 1 spiro atoms. The molecule has 3 fully saturated rings. The van der Waals surface area contributed by atoms with Crippen molar-refractivity contribution in [1.29, 1.82) is 0 Å². The Labute approximate surface area is 138 Å². The van der Waals surface area contributed by atoms with Gasteiger partial charge in [0, 0.05) is 0 Å². The molecule has 1 aromatic carbocycles. The monoisotopic (exact) mass is 312 g/mol. The predicted octanol–water partition coefficient (Wildman–Crippen LogP) is 4.39. The fourth-order valence-electron chi connectivity index (χ4n) is 7.66. The van der Waals surface area contributed by atoms with Crippen LogP contribution in [-0.2, 0) is 6.42 Å². The molecule has 0 radical (unpaired) electrons. The van der Waals surface area contributed by atoms with Gasteiger partial charge >= 0.3 is 0 Å². The maximum Gasteiger partial charge on any atom is 0.115 e. The molecule has 3 saturated carbocycles. The van der Waals surface area contributed by atoms with E-state index in [1.165, 1.54) is 49.7 Å². The lowest BCUT2D eigenvalue weighted by Crippen LogP contribution is -2.53. The quantitative estimate of drug-likeness (QED) is 0.746. The molecule has 2 heteroatoms. The fourth-order valence-corrected chi connectivity index (χ4v) is 7.66. The van der Waals surface area contributed by atoms with E-state index >= 15 is 0 Å². The summed E-state index contributed by atoms with van der Waals surface area (Å²) < 4.78 is 0. The van der Waals surface area contributed by atoms with Crippen LogP contribution in [0.5, 0.6) is 5.75 Å². The molecule has 4 aliphatic carbocycles. The fraction of sp³-hybridized carbons (Fsp3) is 0.714. The van der Waals surface area contributed by atoms with Gasteiger partial charge in [0.15, 0.2) is 0 Å². The Morgan fingerprint density at radius 1 is 1.13 bits per heavy atom. The van der Waals surface area contributed by atoms with Gasteiger partial charge in [0.2, 0.25) is 0 Å². The van der Waals surface area contributed by atoms with E-state index in [9.17, 15) is 10.2 Å². The van der Waals surface area contributed by atoms with Gasteiger partial charge in [0.25, 0.3) is 0 Å². The number of aliphatic hydroxyl groups is 1. The summed E-state index contributed by atoms with van der Waals surface area (Å²) in [5.41, 5.74) is 3.40. The molecule has 0 saturated heterocycles. The van der Waals surface area contributed by atoms with Crippen molar-refractivity contribution in [2.24, 2.45) is 22.7 Å². The van der Waals surface area contributed by atoms with Gasteiger partial charge in [-0.3, -0.25) is 0 Å². The van der Waals surface area contributed by atoms with Crippen LogP contribution in [0.1, 0.15) is 68.9 Å². The first-order valence-corrected chi connectivity index (χ1v) is 9.56. The normalized spacial score (nSPS) is 47.6. The van der Waals surface area contributed by atoms with Gasteiger partial charge in [-0.25, -0.2) is 0 Å². The minimum Gasteiger partial charge on any atom is -0.508 e. The molecule has 1 aromatic rings. The number of aliphatic hydroxyl groups excluding tert-OH is 1. The van der Waals surface area contributed by atoms with E-state index in [-0.39, 0.29) is 11.5 Å². The molecule has 4 aliphatic rings. The highest BCUT2D eigenvalue weighted by Crippen LogP contribution is 2.74. The summed E-state index contributed by atoms with van der Waals surface area (Å²) in [6.07, 6.45) is 9.72. The lowest BCUT2D eigenvalue weighted by molar-refractivity contribution is -0.102. The van der Waals surface area contributed by atoms with Gasteiger partial charge in [-0.1, -0.05) is 19.4 Å². The standard InChI is InChI=1S/C21H28O2/c1-20-10-8-17-16-6-5-15(22)11-13(16)4-7-18(17)21(20)9-2-3-14(21)12-19(20)23/h5-6,11,14,17-19,22-23H,2-4,7-10,12H2,1H3/t14-,17-,18-,19+,20-,21-/m1/s1. The molecular weight excluding hydrogens is 284 g/mol. The number of aryl methyl sites for hydroxylation is 1. The lowest BCUT2D eigenvalue weighted by atomic mass is 9.46. The Bertz CT molecular complexity index is 653. The molecule has 6 atom stereocenters. The minimum absolute atomic E-state index is 0.0880. The Hall–Kier alpha value is -1.02. The first-order valence-electron chi connectivity index (χ1n) is 9.56. The summed E-state index contributed by atoms with van der Waals surface area (Å²) in [5.74, 6) is 2.55. The van der Waals surface area contributed by atoms with Crippen molar-refractivity contribution in [3.8, 4) is 5.75 Å². The molecule has 2 nitrogen and oxygen atoms in total. The average Bonchev–Trinajstić information content (AvgIpc) is 3.03. The Morgan fingerprint density at radius 2 is 2.00 bits per heavy atom. The molecule has 23 heavy (non-hydrogen) atoms. The minimum atomic E-state index is -0.0880.